The van der Waals surface area contributed by atoms with E-state index in [1.807, 2.05) is 19.2 Å². The molecule has 20 heavy (non-hydrogen) atoms. The maximum atomic E-state index is 11.8. The van der Waals surface area contributed by atoms with Gasteiger partial charge in [-0.25, -0.2) is 8.42 Å². The van der Waals surface area contributed by atoms with E-state index in [2.05, 4.69) is 10.4 Å². The van der Waals surface area contributed by atoms with Gasteiger partial charge in [0.05, 0.1) is 11.3 Å². The van der Waals surface area contributed by atoms with E-state index >= 15 is 0 Å². The van der Waals surface area contributed by atoms with Crippen molar-refractivity contribution in [1.29, 1.82) is 0 Å². The van der Waals surface area contributed by atoms with Crippen LogP contribution >= 0.6 is 0 Å². The molecule has 0 aliphatic heterocycles. The molecular weight excluding hydrogens is 274 g/mol. The predicted molar refractivity (Wildman–Crippen MR) is 79.6 cm³/mol. The number of aromatic nitrogens is 1. The van der Waals surface area contributed by atoms with Crippen LogP contribution in [-0.4, -0.2) is 24.9 Å². The molecule has 1 fully saturated rings. The van der Waals surface area contributed by atoms with Crippen molar-refractivity contribution in [2.45, 2.75) is 43.9 Å². The van der Waals surface area contributed by atoms with Crippen molar-refractivity contribution in [2.75, 3.05) is 6.26 Å². The summed E-state index contributed by atoms with van der Waals surface area (Å²) in [6, 6.07) is 1.92. The van der Waals surface area contributed by atoms with Crippen LogP contribution in [0.25, 0.3) is 0 Å². The van der Waals surface area contributed by atoms with Crippen LogP contribution in [0.4, 0.5) is 0 Å². The van der Waals surface area contributed by atoms with Crippen LogP contribution in [0, 0.1) is 12.8 Å². The van der Waals surface area contributed by atoms with Gasteiger partial charge in [0.15, 0.2) is 0 Å². The fourth-order valence-electron chi connectivity index (χ4n) is 3.15. The second-order valence-electron chi connectivity index (χ2n) is 5.75. The van der Waals surface area contributed by atoms with E-state index in [-0.39, 0.29) is 17.2 Å². The first-order valence-corrected chi connectivity index (χ1v) is 8.94. The fraction of sp³-hybridized carbons (Fsp3) is 0.643. The van der Waals surface area contributed by atoms with E-state index in [0.29, 0.717) is 6.42 Å². The van der Waals surface area contributed by atoms with Gasteiger partial charge in [-0.15, -0.1) is 0 Å². The average Bonchev–Trinajstić information content (AvgIpc) is 2.41. The molecule has 0 amide bonds. The summed E-state index contributed by atoms with van der Waals surface area (Å²) in [5.74, 6) is 5.96. The van der Waals surface area contributed by atoms with Crippen molar-refractivity contribution in [3.05, 3.63) is 29.6 Å². The third-order valence-electron chi connectivity index (χ3n) is 4.34. The van der Waals surface area contributed by atoms with Gasteiger partial charge in [0, 0.05) is 18.6 Å². The summed E-state index contributed by atoms with van der Waals surface area (Å²) in [5.41, 5.74) is 5.06. The molecule has 0 radical (unpaired) electrons. The second-order valence-corrected chi connectivity index (χ2v) is 8.08. The van der Waals surface area contributed by atoms with Crippen LogP contribution in [0.5, 0.6) is 0 Å². The highest BCUT2D eigenvalue weighted by atomic mass is 32.2. The van der Waals surface area contributed by atoms with Gasteiger partial charge in [0.1, 0.15) is 9.84 Å². The molecular formula is C14H23N3O2S. The Kier molecular flexibility index (Phi) is 4.78. The first kappa shape index (κ1) is 15.4. The molecule has 5 nitrogen and oxygen atoms in total. The molecule has 1 saturated carbocycles. The molecule has 1 heterocycles. The van der Waals surface area contributed by atoms with E-state index in [1.54, 1.807) is 6.20 Å². The van der Waals surface area contributed by atoms with Crippen molar-refractivity contribution in [1.82, 2.24) is 10.4 Å². The number of pyridine rings is 1. The Hall–Kier alpha value is -0.980. The fourth-order valence-corrected chi connectivity index (χ4v) is 4.35. The van der Waals surface area contributed by atoms with E-state index in [4.69, 9.17) is 5.84 Å². The Morgan fingerprint density at radius 1 is 1.45 bits per heavy atom. The molecule has 1 aromatic heterocycles. The lowest BCUT2D eigenvalue weighted by atomic mass is 9.80. The van der Waals surface area contributed by atoms with Crippen LogP contribution in [0.2, 0.25) is 0 Å². The Labute approximate surface area is 120 Å². The largest absolute Gasteiger partial charge is 0.271 e. The monoisotopic (exact) mass is 297 g/mol. The van der Waals surface area contributed by atoms with E-state index in [9.17, 15) is 8.42 Å². The number of nitrogens with one attached hydrogen (secondary N) is 1. The second kappa shape index (κ2) is 6.20. The van der Waals surface area contributed by atoms with Gasteiger partial charge < -0.3 is 0 Å². The predicted octanol–water partition coefficient (Wildman–Crippen LogP) is 1.50. The van der Waals surface area contributed by atoms with Gasteiger partial charge >= 0.3 is 0 Å². The quantitative estimate of drug-likeness (QED) is 0.650. The lowest BCUT2D eigenvalue weighted by Gasteiger charge is -2.34. The Morgan fingerprint density at radius 2 is 2.20 bits per heavy atom. The SMILES string of the molecule is Cc1ccncc1C(NN)C1CCCC(S(C)(=O)=O)C1. The molecule has 2 rings (SSSR count). The van der Waals surface area contributed by atoms with Crippen molar-refractivity contribution in [3.63, 3.8) is 0 Å². The Balaban J connectivity index is 2.22. The molecule has 0 bridgehead atoms. The van der Waals surface area contributed by atoms with Gasteiger partial charge in [0.2, 0.25) is 0 Å². The Morgan fingerprint density at radius 3 is 2.80 bits per heavy atom. The van der Waals surface area contributed by atoms with Gasteiger partial charge in [-0.2, -0.15) is 0 Å². The molecule has 0 saturated heterocycles. The first-order valence-electron chi connectivity index (χ1n) is 6.99. The summed E-state index contributed by atoms with van der Waals surface area (Å²) in [4.78, 5) is 4.16. The van der Waals surface area contributed by atoms with Crippen LogP contribution in [0.1, 0.15) is 42.9 Å². The standard InChI is InChI=1S/C14H23N3O2S/c1-10-6-7-16-9-13(10)14(17-15)11-4-3-5-12(8-11)20(2,18)19/h6-7,9,11-12,14,17H,3-5,8,15H2,1-2H3. The summed E-state index contributed by atoms with van der Waals surface area (Å²) in [5, 5.41) is -0.242. The molecule has 3 atom stereocenters. The molecule has 0 spiro atoms. The lowest BCUT2D eigenvalue weighted by molar-refractivity contribution is 0.273. The molecule has 0 aromatic carbocycles. The topological polar surface area (TPSA) is 85.1 Å². The molecule has 112 valence electrons. The normalized spacial score (nSPS) is 25.4. The van der Waals surface area contributed by atoms with E-state index in [0.717, 1.165) is 30.4 Å². The summed E-state index contributed by atoms with van der Waals surface area (Å²) < 4.78 is 23.6. The van der Waals surface area contributed by atoms with Crippen LogP contribution in [-0.2, 0) is 9.84 Å². The highest BCUT2D eigenvalue weighted by molar-refractivity contribution is 7.91. The number of nitrogens with two attached hydrogens (primary N) is 1. The number of nitrogens with zero attached hydrogens (tertiary/aromatic N) is 1. The van der Waals surface area contributed by atoms with Crippen LogP contribution in [0.15, 0.2) is 18.5 Å². The van der Waals surface area contributed by atoms with Gasteiger partial charge in [-0.3, -0.25) is 16.3 Å². The van der Waals surface area contributed by atoms with Gasteiger partial charge in [-0.05, 0) is 49.3 Å². The van der Waals surface area contributed by atoms with Crippen molar-refractivity contribution < 1.29 is 8.42 Å². The third-order valence-corrected chi connectivity index (χ3v) is 5.98. The number of rotatable bonds is 4. The van der Waals surface area contributed by atoms with E-state index in [1.165, 1.54) is 6.26 Å². The minimum atomic E-state index is -2.98. The number of sulfone groups is 1. The molecule has 1 aromatic rings. The van der Waals surface area contributed by atoms with Crippen LogP contribution < -0.4 is 11.3 Å². The molecule has 6 heteroatoms. The van der Waals surface area contributed by atoms with Gasteiger partial charge in [0.25, 0.3) is 0 Å². The van der Waals surface area contributed by atoms with Gasteiger partial charge in [-0.1, -0.05) is 6.42 Å². The maximum absolute atomic E-state index is 11.8. The molecule has 3 N–H and O–H groups in total. The Bertz CT molecular complexity index is 559. The highest BCUT2D eigenvalue weighted by Crippen LogP contribution is 2.37. The van der Waals surface area contributed by atoms with Crippen molar-refractivity contribution in [3.8, 4) is 0 Å². The van der Waals surface area contributed by atoms with Crippen molar-refractivity contribution in [2.24, 2.45) is 11.8 Å². The number of aryl methyl sites for hydroxylation is 1. The third kappa shape index (κ3) is 3.37. The smallest absolute Gasteiger partial charge is 0.150 e. The summed E-state index contributed by atoms with van der Waals surface area (Å²) >= 11 is 0. The number of hydrogen-bond donors (Lipinski definition) is 2. The zero-order valence-electron chi connectivity index (χ0n) is 12.0. The first-order chi connectivity index (χ1) is 9.43. The summed E-state index contributed by atoms with van der Waals surface area (Å²) in [6.07, 6.45) is 8.27. The minimum Gasteiger partial charge on any atom is -0.271 e. The molecule has 1 aliphatic carbocycles. The average molecular weight is 297 g/mol. The summed E-state index contributed by atoms with van der Waals surface area (Å²) in [6.45, 7) is 2.03. The summed E-state index contributed by atoms with van der Waals surface area (Å²) in [7, 11) is -2.98. The zero-order valence-corrected chi connectivity index (χ0v) is 12.9. The maximum Gasteiger partial charge on any atom is 0.150 e. The minimum absolute atomic E-state index is 0.0340. The zero-order chi connectivity index (χ0) is 14.8. The molecule has 3 unspecified atom stereocenters. The molecule has 1 aliphatic rings. The van der Waals surface area contributed by atoms with E-state index < -0.39 is 9.84 Å². The number of hydrogen-bond acceptors (Lipinski definition) is 5. The lowest BCUT2D eigenvalue weighted by Crippen LogP contribution is -2.38. The van der Waals surface area contributed by atoms with Crippen molar-refractivity contribution >= 4 is 9.84 Å². The number of hydrazine groups is 1. The highest BCUT2D eigenvalue weighted by Gasteiger charge is 2.33. The van der Waals surface area contributed by atoms with Crippen LogP contribution in [0.3, 0.4) is 0 Å².